The highest BCUT2D eigenvalue weighted by atomic mass is 16.2. The Balaban J connectivity index is 2.34. The summed E-state index contributed by atoms with van der Waals surface area (Å²) in [6.07, 6.45) is -0.399. The van der Waals surface area contributed by atoms with Crippen molar-refractivity contribution in [3.8, 4) is 0 Å². The van der Waals surface area contributed by atoms with Crippen LogP contribution in [0.15, 0.2) is 0 Å². The number of nitrogens with one attached hydrogen (secondary N) is 3. The van der Waals surface area contributed by atoms with Gasteiger partial charge in [0.2, 0.25) is 0 Å². The number of urea groups is 1. The summed E-state index contributed by atoms with van der Waals surface area (Å²) < 4.78 is 0. The van der Waals surface area contributed by atoms with Crippen molar-refractivity contribution in [3.63, 3.8) is 0 Å². The van der Waals surface area contributed by atoms with E-state index in [9.17, 15) is 4.79 Å². The SMILES string of the molecule is NC1NCNC(=O)N1. The van der Waals surface area contributed by atoms with Crippen LogP contribution in [0.5, 0.6) is 0 Å². The molecule has 0 aromatic carbocycles. The number of carbonyl (C=O) groups is 1. The van der Waals surface area contributed by atoms with Crippen molar-refractivity contribution in [1.29, 1.82) is 0 Å². The maximum Gasteiger partial charge on any atom is 0.318 e. The van der Waals surface area contributed by atoms with Crippen LogP contribution in [0.3, 0.4) is 0 Å². The maximum atomic E-state index is 10.3. The topological polar surface area (TPSA) is 79.2 Å². The molecule has 1 aliphatic heterocycles. The first-order valence-electron chi connectivity index (χ1n) is 2.32. The van der Waals surface area contributed by atoms with Gasteiger partial charge >= 0.3 is 6.03 Å². The first kappa shape index (κ1) is 5.33. The molecular formula is C3H8N4O. The summed E-state index contributed by atoms with van der Waals surface area (Å²) >= 11 is 0. The summed E-state index contributed by atoms with van der Waals surface area (Å²) in [7, 11) is 0. The van der Waals surface area contributed by atoms with Crippen LogP contribution in [-0.4, -0.2) is 19.0 Å². The van der Waals surface area contributed by atoms with Gasteiger partial charge in [-0.05, 0) is 0 Å². The van der Waals surface area contributed by atoms with E-state index in [4.69, 9.17) is 5.73 Å². The maximum absolute atomic E-state index is 10.3. The number of amides is 2. The average Bonchev–Trinajstić information content (AvgIpc) is 1.64. The Morgan fingerprint density at radius 1 is 1.75 bits per heavy atom. The van der Waals surface area contributed by atoms with E-state index in [1.807, 2.05) is 0 Å². The summed E-state index contributed by atoms with van der Waals surface area (Å²) in [6.45, 7) is 0.438. The average molecular weight is 116 g/mol. The van der Waals surface area contributed by atoms with Crippen LogP contribution in [0.2, 0.25) is 0 Å². The van der Waals surface area contributed by atoms with E-state index < -0.39 is 6.29 Å². The standard InChI is InChI=1S/C3H8N4O/c4-2-5-1-6-3(8)7-2/h2,5H,1,4H2,(H2,6,7,8). The van der Waals surface area contributed by atoms with Crippen molar-refractivity contribution in [2.75, 3.05) is 6.67 Å². The fourth-order valence-electron chi connectivity index (χ4n) is 0.485. The van der Waals surface area contributed by atoms with Gasteiger partial charge in [0, 0.05) is 0 Å². The number of hydrogen-bond donors (Lipinski definition) is 4. The third-order valence-electron chi connectivity index (χ3n) is 0.858. The van der Waals surface area contributed by atoms with Crippen molar-refractivity contribution in [2.24, 2.45) is 5.73 Å². The molecule has 0 saturated carbocycles. The van der Waals surface area contributed by atoms with Gasteiger partial charge in [-0.15, -0.1) is 0 Å². The molecule has 1 heterocycles. The molecule has 1 atom stereocenters. The predicted molar refractivity (Wildman–Crippen MR) is 27.6 cm³/mol. The molecule has 0 spiro atoms. The largest absolute Gasteiger partial charge is 0.325 e. The fourth-order valence-corrected chi connectivity index (χ4v) is 0.485. The van der Waals surface area contributed by atoms with Crippen molar-refractivity contribution < 1.29 is 4.79 Å². The molecule has 0 bridgehead atoms. The first-order chi connectivity index (χ1) is 3.79. The molecule has 5 heteroatoms. The van der Waals surface area contributed by atoms with Gasteiger partial charge in [-0.1, -0.05) is 0 Å². The molecule has 1 unspecified atom stereocenters. The Labute approximate surface area is 46.6 Å². The Kier molecular flexibility index (Phi) is 1.32. The number of hydrogen-bond acceptors (Lipinski definition) is 3. The third kappa shape index (κ3) is 1.08. The van der Waals surface area contributed by atoms with E-state index in [-0.39, 0.29) is 6.03 Å². The molecule has 0 radical (unpaired) electrons. The second-order valence-corrected chi connectivity index (χ2v) is 1.51. The summed E-state index contributed by atoms with van der Waals surface area (Å²) in [5, 5.41) is 7.61. The Morgan fingerprint density at radius 2 is 2.50 bits per heavy atom. The molecule has 46 valence electrons. The first-order valence-corrected chi connectivity index (χ1v) is 2.32. The van der Waals surface area contributed by atoms with E-state index >= 15 is 0 Å². The molecule has 1 aliphatic rings. The normalized spacial score (nSPS) is 28.6. The Morgan fingerprint density at radius 3 is 2.88 bits per heavy atom. The van der Waals surface area contributed by atoms with E-state index in [0.717, 1.165) is 0 Å². The highest BCUT2D eigenvalue weighted by Gasteiger charge is 2.10. The highest BCUT2D eigenvalue weighted by Crippen LogP contribution is 1.71. The van der Waals surface area contributed by atoms with Crippen LogP contribution in [0.1, 0.15) is 0 Å². The van der Waals surface area contributed by atoms with E-state index in [1.54, 1.807) is 0 Å². The van der Waals surface area contributed by atoms with Gasteiger partial charge in [0.1, 0.15) is 6.29 Å². The van der Waals surface area contributed by atoms with Gasteiger partial charge in [0.05, 0.1) is 6.67 Å². The monoisotopic (exact) mass is 116 g/mol. The van der Waals surface area contributed by atoms with Crippen molar-refractivity contribution in [2.45, 2.75) is 6.29 Å². The van der Waals surface area contributed by atoms with Gasteiger partial charge in [0.25, 0.3) is 0 Å². The molecule has 0 aliphatic carbocycles. The number of nitrogens with two attached hydrogens (primary N) is 1. The zero-order valence-electron chi connectivity index (χ0n) is 4.27. The molecule has 5 nitrogen and oxygen atoms in total. The second-order valence-electron chi connectivity index (χ2n) is 1.51. The number of rotatable bonds is 0. The smallest absolute Gasteiger partial charge is 0.318 e. The van der Waals surface area contributed by atoms with Gasteiger partial charge < -0.3 is 10.6 Å². The minimum atomic E-state index is -0.399. The highest BCUT2D eigenvalue weighted by molar-refractivity contribution is 5.74. The quantitative estimate of drug-likeness (QED) is 0.298. The van der Waals surface area contributed by atoms with Crippen LogP contribution in [0.4, 0.5) is 4.79 Å². The molecule has 1 saturated heterocycles. The molecule has 2 amide bonds. The molecule has 1 rings (SSSR count). The number of carbonyl (C=O) groups excluding carboxylic acids is 1. The lowest BCUT2D eigenvalue weighted by atomic mass is 10.7. The molecule has 5 N–H and O–H groups in total. The lowest BCUT2D eigenvalue weighted by Gasteiger charge is -2.21. The van der Waals surface area contributed by atoms with E-state index in [1.165, 1.54) is 0 Å². The molecule has 0 aromatic rings. The summed E-state index contributed by atoms with van der Waals surface area (Å²) in [5.41, 5.74) is 5.24. The van der Waals surface area contributed by atoms with Gasteiger partial charge in [-0.3, -0.25) is 11.1 Å². The fraction of sp³-hybridized carbons (Fsp3) is 0.667. The van der Waals surface area contributed by atoms with Crippen LogP contribution >= 0.6 is 0 Å². The van der Waals surface area contributed by atoms with Crippen LogP contribution in [0.25, 0.3) is 0 Å². The van der Waals surface area contributed by atoms with Crippen LogP contribution in [-0.2, 0) is 0 Å². The summed E-state index contributed by atoms with van der Waals surface area (Å²) in [4.78, 5) is 10.3. The minimum Gasteiger partial charge on any atom is -0.325 e. The van der Waals surface area contributed by atoms with Crippen LogP contribution < -0.4 is 21.7 Å². The molecule has 0 aromatic heterocycles. The van der Waals surface area contributed by atoms with Crippen molar-refractivity contribution >= 4 is 6.03 Å². The Hall–Kier alpha value is -0.810. The minimum absolute atomic E-state index is 0.226. The van der Waals surface area contributed by atoms with Gasteiger partial charge in [0.15, 0.2) is 0 Å². The summed E-state index contributed by atoms with van der Waals surface area (Å²) in [5.74, 6) is 0. The summed E-state index contributed by atoms with van der Waals surface area (Å²) in [6, 6.07) is -0.226. The molecule has 1 fully saturated rings. The van der Waals surface area contributed by atoms with Crippen molar-refractivity contribution in [1.82, 2.24) is 16.0 Å². The predicted octanol–water partition coefficient (Wildman–Crippen LogP) is -1.91. The third-order valence-corrected chi connectivity index (χ3v) is 0.858. The zero-order valence-corrected chi connectivity index (χ0v) is 4.27. The van der Waals surface area contributed by atoms with Gasteiger partial charge in [-0.25, -0.2) is 4.79 Å². The molecule has 8 heavy (non-hydrogen) atoms. The lowest BCUT2D eigenvalue weighted by Crippen LogP contribution is -2.62. The van der Waals surface area contributed by atoms with Gasteiger partial charge in [-0.2, -0.15) is 0 Å². The van der Waals surface area contributed by atoms with E-state index in [2.05, 4.69) is 16.0 Å². The molecular weight excluding hydrogens is 108 g/mol. The van der Waals surface area contributed by atoms with E-state index in [0.29, 0.717) is 6.67 Å². The zero-order chi connectivity index (χ0) is 5.98. The van der Waals surface area contributed by atoms with Crippen LogP contribution in [0, 0.1) is 0 Å². The van der Waals surface area contributed by atoms with Crippen molar-refractivity contribution in [3.05, 3.63) is 0 Å². The lowest BCUT2D eigenvalue weighted by molar-refractivity contribution is 0.223. The second kappa shape index (κ2) is 1.97. The Bertz CT molecular complexity index is 103.